The predicted molar refractivity (Wildman–Crippen MR) is 138 cm³/mol. The maximum Gasteiger partial charge on any atom is 0.244 e. The van der Waals surface area contributed by atoms with Crippen LogP contribution in [0.1, 0.15) is 44.6 Å². The number of amides is 2. The summed E-state index contributed by atoms with van der Waals surface area (Å²) in [5.41, 5.74) is 0.548. The van der Waals surface area contributed by atoms with Gasteiger partial charge >= 0.3 is 0 Å². The van der Waals surface area contributed by atoms with E-state index in [4.69, 9.17) is 0 Å². The van der Waals surface area contributed by atoms with Gasteiger partial charge in [0.15, 0.2) is 0 Å². The predicted octanol–water partition coefficient (Wildman–Crippen LogP) is 4.22. The molecule has 190 valence electrons. The number of sulfonamides is 1. The Morgan fingerprint density at radius 3 is 2.43 bits per heavy atom. The molecule has 0 bridgehead atoms. The van der Waals surface area contributed by atoms with Gasteiger partial charge in [-0.15, -0.1) is 0 Å². The van der Waals surface area contributed by atoms with Crippen molar-refractivity contribution in [2.24, 2.45) is 0 Å². The molecule has 1 atom stereocenters. The topological polar surface area (TPSA) is 86.8 Å². The van der Waals surface area contributed by atoms with Crippen molar-refractivity contribution >= 4 is 43.5 Å². The Balaban J connectivity index is 1.88. The van der Waals surface area contributed by atoms with Gasteiger partial charge in [0.2, 0.25) is 21.8 Å². The molecule has 1 aliphatic carbocycles. The van der Waals surface area contributed by atoms with Crippen LogP contribution in [-0.2, 0) is 26.2 Å². The fourth-order valence-corrected chi connectivity index (χ4v) is 5.44. The van der Waals surface area contributed by atoms with Crippen molar-refractivity contribution in [2.45, 2.75) is 57.7 Å². The molecule has 0 aromatic heterocycles. The van der Waals surface area contributed by atoms with Crippen molar-refractivity contribution in [3.05, 3.63) is 64.4 Å². The van der Waals surface area contributed by atoms with Gasteiger partial charge in [-0.25, -0.2) is 12.8 Å². The quantitative estimate of drug-likeness (QED) is 0.491. The van der Waals surface area contributed by atoms with Crippen molar-refractivity contribution in [3.8, 4) is 0 Å². The number of rotatable bonds is 9. The highest BCUT2D eigenvalue weighted by Crippen LogP contribution is 2.23. The van der Waals surface area contributed by atoms with Gasteiger partial charge in [-0.05, 0) is 44.0 Å². The Kier molecular flexibility index (Phi) is 9.29. The number of anilines is 1. The molecule has 0 heterocycles. The first kappa shape index (κ1) is 27.1. The molecule has 1 saturated carbocycles. The average Bonchev–Trinajstić information content (AvgIpc) is 2.81. The Labute approximate surface area is 214 Å². The first-order chi connectivity index (χ1) is 16.6. The van der Waals surface area contributed by atoms with Gasteiger partial charge in [-0.2, -0.15) is 0 Å². The molecule has 1 N–H and O–H groups in total. The summed E-state index contributed by atoms with van der Waals surface area (Å²) in [7, 11) is -3.82. The van der Waals surface area contributed by atoms with Crippen LogP contribution in [0.3, 0.4) is 0 Å². The fourth-order valence-electron chi connectivity index (χ4n) is 4.21. The molecular weight excluding hydrogens is 537 g/mol. The van der Waals surface area contributed by atoms with Crippen molar-refractivity contribution in [3.63, 3.8) is 0 Å². The molecule has 1 aliphatic rings. The van der Waals surface area contributed by atoms with Crippen LogP contribution in [0.25, 0.3) is 0 Å². The molecule has 3 rings (SSSR count). The van der Waals surface area contributed by atoms with Crippen LogP contribution in [0.15, 0.2) is 53.0 Å². The summed E-state index contributed by atoms with van der Waals surface area (Å²) in [4.78, 5) is 27.9. The van der Waals surface area contributed by atoms with Crippen molar-refractivity contribution in [2.75, 3.05) is 17.1 Å². The highest BCUT2D eigenvalue weighted by molar-refractivity contribution is 9.10. The minimum Gasteiger partial charge on any atom is -0.352 e. The Morgan fingerprint density at radius 2 is 1.80 bits per heavy atom. The summed E-state index contributed by atoms with van der Waals surface area (Å²) in [6.45, 7) is 0.895. The first-order valence-corrected chi connectivity index (χ1v) is 14.3. The van der Waals surface area contributed by atoms with Crippen molar-refractivity contribution in [1.82, 2.24) is 10.2 Å². The molecule has 2 aromatic carbocycles. The molecule has 0 radical (unpaired) electrons. The molecule has 2 amide bonds. The molecule has 2 aromatic rings. The number of benzene rings is 2. The maximum absolute atomic E-state index is 14.5. The third kappa shape index (κ3) is 7.51. The van der Waals surface area contributed by atoms with Crippen molar-refractivity contribution in [1.29, 1.82) is 0 Å². The highest BCUT2D eigenvalue weighted by atomic mass is 79.9. The van der Waals surface area contributed by atoms with Crippen molar-refractivity contribution < 1.29 is 22.4 Å². The van der Waals surface area contributed by atoms with Gasteiger partial charge in [-0.3, -0.25) is 13.9 Å². The zero-order valence-corrected chi connectivity index (χ0v) is 22.3. The second kappa shape index (κ2) is 12.0. The van der Waals surface area contributed by atoms with E-state index in [1.54, 1.807) is 49.4 Å². The standard InChI is InChI=1S/C25H31BrFN3O4S/c1-18(25(32)28-21-11-4-3-5-12-21)29(16-19-9-6-7-14-23(19)27)24(31)17-30(35(2,33)34)22-13-8-10-20(26)15-22/h6-10,13-15,18,21H,3-5,11-12,16-17H2,1-2H3,(H,28,32)/t18-/m0/s1. The fraction of sp³-hybridized carbons (Fsp3) is 0.440. The van der Waals surface area contributed by atoms with E-state index in [0.29, 0.717) is 10.2 Å². The highest BCUT2D eigenvalue weighted by Gasteiger charge is 2.31. The molecule has 1 fully saturated rings. The smallest absolute Gasteiger partial charge is 0.244 e. The maximum atomic E-state index is 14.5. The van der Waals surface area contributed by atoms with Gasteiger partial charge in [0.25, 0.3) is 0 Å². The van der Waals surface area contributed by atoms with E-state index in [1.165, 1.54) is 11.0 Å². The first-order valence-electron chi connectivity index (χ1n) is 11.6. The van der Waals surface area contributed by atoms with E-state index in [0.717, 1.165) is 42.7 Å². The number of halogens is 2. The zero-order valence-electron chi connectivity index (χ0n) is 19.9. The third-order valence-electron chi connectivity index (χ3n) is 6.19. The third-order valence-corrected chi connectivity index (χ3v) is 7.83. The normalized spacial score (nSPS) is 15.3. The van der Waals surface area contributed by atoms with Crippen LogP contribution in [0.5, 0.6) is 0 Å². The van der Waals surface area contributed by atoms with Gasteiger partial charge < -0.3 is 10.2 Å². The van der Waals surface area contributed by atoms with Crippen LogP contribution < -0.4 is 9.62 Å². The van der Waals surface area contributed by atoms with Gasteiger partial charge in [0, 0.05) is 22.6 Å². The molecule has 0 saturated heterocycles. The number of carbonyl (C=O) groups excluding carboxylic acids is 2. The number of carbonyl (C=O) groups is 2. The van der Waals surface area contributed by atoms with Crippen LogP contribution in [0.4, 0.5) is 10.1 Å². The Morgan fingerprint density at radius 1 is 1.11 bits per heavy atom. The molecule has 0 spiro atoms. The molecular formula is C25H31BrFN3O4S. The number of nitrogens with one attached hydrogen (secondary N) is 1. The Hall–Kier alpha value is -2.46. The monoisotopic (exact) mass is 567 g/mol. The van der Waals surface area contributed by atoms with Crippen LogP contribution in [0.2, 0.25) is 0 Å². The lowest BCUT2D eigenvalue weighted by Crippen LogP contribution is -2.53. The molecule has 0 aliphatic heterocycles. The van der Waals surface area contributed by atoms with Crippen LogP contribution >= 0.6 is 15.9 Å². The molecule has 7 nitrogen and oxygen atoms in total. The second-order valence-corrected chi connectivity index (χ2v) is 11.7. The lowest BCUT2D eigenvalue weighted by Gasteiger charge is -2.33. The summed E-state index contributed by atoms with van der Waals surface area (Å²) in [6.07, 6.45) is 5.98. The minimum atomic E-state index is -3.82. The molecule has 10 heteroatoms. The second-order valence-electron chi connectivity index (χ2n) is 8.88. The van der Waals surface area contributed by atoms with E-state index in [-0.39, 0.29) is 24.1 Å². The zero-order chi connectivity index (χ0) is 25.6. The number of hydrogen-bond acceptors (Lipinski definition) is 4. The number of nitrogens with zero attached hydrogens (tertiary/aromatic N) is 2. The van der Waals surface area contributed by atoms with E-state index < -0.39 is 34.3 Å². The van der Waals surface area contributed by atoms with E-state index in [2.05, 4.69) is 21.2 Å². The summed E-state index contributed by atoms with van der Waals surface area (Å²) < 4.78 is 41.3. The molecule has 35 heavy (non-hydrogen) atoms. The lowest BCUT2D eigenvalue weighted by molar-refractivity contribution is -0.139. The SMILES string of the molecule is C[C@@H](C(=O)NC1CCCCC1)N(Cc1ccccc1F)C(=O)CN(c1cccc(Br)c1)S(C)(=O)=O. The minimum absolute atomic E-state index is 0.0401. The summed E-state index contributed by atoms with van der Waals surface area (Å²) in [5.74, 6) is -1.45. The largest absolute Gasteiger partial charge is 0.352 e. The number of hydrogen-bond donors (Lipinski definition) is 1. The summed E-state index contributed by atoms with van der Waals surface area (Å²) >= 11 is 3.32. The summed E-state index contributed by atoms with van der Waals surface area (Å²) in [6, 6.07) is 11.7. The van der Waals surface area contributed by atoms with E-state index in [1.807, 2.05) is 0 Å². The Bertz CT molecular complexity index is 1150. The van der Waals surface area contributed by atoms with Gasteiger partial charge in [0.1, 0.15) is 18.4 Å². The van der Waals surface area contributed by atoms with Gasteiger partial charge in [0.05, 0.1) is 11.9 Å². The average molecular weight is 569 g/mol. The van der Waals surface area contributed by atoms with Crippen LogP contribution in [-0.4, -0.2) is 50.0 Å². The lowest BCUT2D eigenvalue weighted by atomic mass is 9.95. The van der Waals surface area contributed by atoms with E-state index in [9.17, 15) is 22.4 Å². The van der Waals surface area contributed by atoms with Crippen LogP contribution in [0, 0.1) is 5.82 Å². The van der Waals surface area contributed by atoms with Gasteiger partial charge in [-0.1, -0.05) is 59.5 Å². The molecule has 0 unspecified atom stereocenters. The van der Waals surface area contributed by atoms with E-state index >= 15 is 0 Å². The summed E-state index contributed by atoms with van der Waals surface area (Å²) in [5, 5.41) is 3.01.